The van der Waals surface area contributed by atoms with Crippen molar-refractivity contribution in [2.45, 2.75) is 13.1 Å². The van der Waals surface area contributed by atoms with Crippen molar-refractivity contribution < 1.29 is 20.4 Å². The molecule has 2 rings (SSSR count). The third-order valence-corrected chi connectivity index (χ3v) is 1.75. The first-order chi connectivity index (χ1) is 4.86. The van der Waals surface area contributed by atoms with Gasteiger partial charge in [0, 0.05) is 33.5 Å². The quantitative estimate of drug-likeness (QED) is 0.605. The zero-order chi connectivity index (χ0) is 6.97. The van der Waals surface area contributed by atoms with E-state index in [0.29, 0.717) is 0 Å². The number of rotatable bonds is 0. The van der Waals surface area contributed by atoms with E-state index in [1.54, 1.807) is 0 Å². The van der Waals surface area contributed by atoms with Crippen LogP contribution in [0.4, 0.5) is 0 Å². The molecule has 0 unspecified atom stereocenters. The van der Waals surface area contributed by atoms with Gasteiger partial charge in [-0.25, -0.2) is 0 Å². The number of fused-ring (bicyclic) bond motifs is 1. The Morgan fingerprint density at radius 2 is 2.27 bits per heavy atom. The van der Waals surface area contributed by atoms with Gasteiger partial charge in [0.25, 0.3) is 0 Å². The van der Waals surface area contributed by atoms with Gasteiger partial charge in [-0.1, -0.05) is 0 Å². The van der Waals surface area contributed by atoms with Crippen LogP contribution in [-0.4, -0.2) is 33.3 Å². The molecular formula is C6H9N4Re-. The van der Waals surface area contributed by atoms with E-state index in [4.69, 9.17) is 0 Å². The van der Waals surface area contributed by atoms with Gasteiger partial charge >= 0.3 is 0 Å². The summed E-state index contributed by atoms with van der Waals surface area (Å²) in [6.07, 6.45) is 2.60. The van der Waals surface area contributed by atoms with Crippen molar-refractivity contribution in [2.24, 2.45) is 0 Å². The first kappa shape index (κ1) is 8.86. The molecule has 0 aliphatic carbocycles. The largest absolute Gasteiger partial charge is 0.417 e. The number of hydrogen-bond donors (Lipinski definition) is 0. The average molecular weight is 323 g/mol. The van der Waals surface area contributed by atoms with E-state index in [0.717, 1.165) is 25.5 Å². The van der Waals surface area contributed by atoms with Crippen LogP contribution in [0, 0.1) is 6.33 Å². The topological polar surface area (TPSA) is 34.0 Å². The molecule has 1 aliphatic rings. The molecule has 0 aromatic carbocycles. The molecule has 1 radical (unpaired) electrons. The molecule has 0 N–H and O–H groups in total. The van der Waals surface area contributed by atoms with E-state index >= 15 is 0 Å². The fraction of sp³-hybridized carbons (Fsp3) is 0.667. The van der Waals surface area contributed by atoms with Gasteiger partial charge in [-0.3, -0.25) is 5.10 Å². The summed E-state index contributed by atoms with van der Waals surface area (Å²) < 4.78 is 1.90. The molecule has 2 heterocycles. The first-order valence-electron chi connectivity index (χ1n) is 3.34. The molecule has 0 saturated heterocycles. The van der Waals surface area contributed by atoms with Gasteiger partial charge in [0.15, 0.2) is 0 Å². The maximum atomic E-state index is 3.99. The minimum absolute atomic E-state index is 0. The van der Waals surface area contributed by atoms with Crippen LogP contribution >= 0.6 is 0 Å². The number of nitrogens with zero attached hydrogens (tertiary/aromatic N) is 4. The molecule has 1 aliphatic heterocycles. The van der Waals surface area contributed by atoms with Gasteiger partial charge in [-0.15, -0.1) is 0 Å². The average Bonchev–Trinajstić information content (AvgIpc) is 2.33. The summed E-state index contributed by atoms with van der Waals surface area (Å²) in [6.45, 7) is 2.91. The van der Waals surface area contributed by atoms with Gasteiger partial charge in [0.05, 0.1) is 0 Å². The second-order valence-corrected chi connectivity index (χ2v) is 2.59. The molecule has 0 bridgehead atoms. The molecule has 1 aromatic heterocycles. The van der Waals surface area contributed by atoms with Crippen molar-refractivity contribution in [3.05, 3.63) is 12.2 Å². The summed E-state index contributed by atoms with van der Waals surface area (Å²) in [5.74, 6) is 1.02. The van der Waals surface area contributed by atoms with E-state index in [-0.39, 0.29) is 20.4 Å². The van der Waals surface area contributed by atoms with Crippen molar-refractivity contribution in [2.75, 3.05) is 13.6 Å². The van der Waals surface area contributed by atoms with Gasteiger partial charge in [-0.05, 0) is 25.7 Å². The predicted octanol–water partition coefficient (Wildman–Crippen LogP) is -0.479. The molecule has 0 fully saturated rings. The van der Waals surface area contributed by atoms with Crippen molar-refractivity contribution >= 4 is 0 Å². The van der Waals surface area contributed by atoms with Crippen molar-refractivity contribution in [3.63, 3.8) is 0 Å². The SMILES string of the molecule is CN1CCn2n[c-]nc2C1.[Re]. The van der Waals surface area contributed by atoms with Crippen LogP contribution in [0.1, 0.15) is 5.82 Å². The second-order valence-electron chi connectivity index (χ2n) is 2.59. The maximum Gasteiger partial charge on any atom is 0.0348 e. The van der Waals surface area contributed by atoms with Crippen LogP contribution in [0.25, 0.3) is 0 Å². The van der Waals surface area contributed by atoms with Gasteiger partial charge in [0.1, 0.15) is 0 Å². The number of hydrogen-bond acceptors (Lipinski definition) is 3. The summed E-state index contributed by atoms with van der Waals surface area (Å²) in [4.78, 5) is 6.21. The Balaban J connectivity index is 0.000000605. The molecule has 0 saturated carbocycles. The molecule has 1 aromatic rings. The summed E-state index contributed by atoms with van der Waals surface area (Å²) in [5, 5.41) is 3.95. The normalized spacial score (nSPS) is 17.2. The van der Waals surface area contributed by atoms with Crippen LogP contribution < -0.4 is 0 Å². The Kier molecular flexibility index (Phi) is 2.77. The summed E-state index contributed by atoms with van der Waals surface area (Å²) in [7, 11) is 2.08. The van der Waals surface area contributed by atoms with Gasteiger partial charge < -0.3 is 14.6 Å². The Labute approximate surface area is 79.3 Å². The fourth-order valence-corrected chi connectivity index (χ4v) is 1.13. The number of aromatic nitrogens is 3. The van der Waals surface area contributed by atoms with Crippen LogP contribution in [0.15, 0.2) is 0 Å². The smallest absolute Gasteiger partial charge is 0.0348 e. The summed E-state index contributed by atoms with van der Waals surface area (Å²) in [5.41, 5.74) is 0. The van der Waals surface area contributed by atoms with E-state index in [9.17, 15) is 0 Å². The first-order valence-corrected chi connectivity index (χ1v) is 3.34. The maximum absolute atomic E-state index is 3.99. The van der Waals surface area contributed by atoms with E-state index in [1.807, 2.05) is 4.68 Å². The summed E-state index contributed by atoms with van der Waals surface area (Å²) >= 11 is 0. The molecule has 11 heavy (non-hydrogen) atoms. The summed E-state index contributed by atoms with van der Waals surface area (Å²) in [6, 6.07) is 0. The minimum Gasteiger partial charge on any atom is -0.417 e. The third kappa shape index (κ3) is 1.67. The van der Waals surface area contributed by atoms with Gasteiger partial charge in [-0.2, -0.15) is 0 Å². The molecule has 0 spiro atoms. The van der Waals surface area contributed by atoms with Crippen molar-refractivity contribution in [1.82, 2.24) is 19.7 Å². The zero-order valence-corrected chi connectivity index (χ0v) is 9.00. The Bertz CT molecular complexity index is 234. The Hall–Kier alpha value is -0.238. The molecule has 5 heteroatoms. The van der Waals surface area contributed by atoms with E-state index in [1.165, 1.54) is 0 Å². The van der Waals surface area contributed by atoms with Crippen molar-refractivity contribution in [3.8, 4) is 0 Å². The zero-order valence-electron chi connectivity index (χ0n) is 6.29. The fourth-order valence-electron chi connectivity index (χ4n) is 1.13. The minimum atomic E-state index is 0. The molecular weight excluding hydrogens is 314 g/mol. The van der Waals surface area contributed by atoms with Crippen LogP contribution in [0.5, 0.6) is 0 Å². The molecule has 0 atom stereocenters. The van der Waals surface area contributed by atoms with Crippen molar-refractivity contribution in [1.29, 1.82) is 0 Å². The predicted molar refractivity (Wildman–Crippen MR) is 35.2 cm³/mol. The third-order valence-electron chi connectivity index (χ3n) is 1.75. The van der Waals surface area contributed by atoms with Gasteiger partial charge in [0.2, 0.25) is 0 Å². The van der Waals surface area contributed by atoms with Crippen LogP contribution in [0.3, 0.4) is 0 Å². The standard InChI is InChI=1S/C6H9N4.Re/c1-9-2-3-10-6(4-9)7-5-8-10;/h2-4H2,1H3;/q-1;. The van der Waals surface area contributed by atoms with Crippen LogP contribution in [-0.2, 0) is 33.5 Å². The molecule has 0 amide bonds. The second kappa shape index (κ2) is 3.44. The van der Waals surface area contributed by atoms with Crippen LogP contribution in [0.2, 0.25) is 0 Å². The molecule has 61 valence electrons. The van der Waals surface area contributed by atoms with E-state index in [2.05, 4.69) is 28.4 Å². The Morgan fingerprint density at radius 3 is 3.09 bits per heavy atom. The molecule has 4 nitrogen and oxygen atoms in total. The monoisotopic (exact) mass is 324 g/mol. The number of likely N-dealkylation sites (N-methyl/N-ethyl adjacent to an activating group) is 1. The Morgan fingerprint density at radius 1 is 1.45 bits per heavy atom. The van der Waals surface area contributed by atoms with E-state index < -0.39 is 0 Å².